The van der Waals surface area contributed by atoms with Crippen molar-refractivity contribution in [2.24, 2.45) is 5.73 Å². The lowest BCUT2D eigenvalue weighted by Crippen LogP contribution is -2.20. The molecule has 1 aliphatic carbocycles. The van der Waals surface area contributed by atoms with Gasteiger partial charge < -0.3 is 10.7 Å². The third-order valence-electron chi connectivity index (χ3n) is 4.14. The van der Waals surface area contributed by atoms with Crippen molar-refractivity contribution in [2.45, 2.75) is 25.3 Å². The first-order chi connectivity index (χ1) is 9.64. The van der Waals surface area contributed by atoms with Crippen LogP contribution >= 0.6 is 0 Å². The molecule has 0 unspecified atom stereocenters. The maximum atomic E-state index is 6.17. The molecule has 4 rings (SSSR count). The Balaban J connectivity index is 1.78. The first kappa shape index (κ1) is 11.7. The molecule has 100 valence electrons. The molecule has 0 bridgehead atoms. The summed E-state index contributed by atoms with van der Waals surface area (Å²) in [5.41, 5.74) is 9.45. The van der Waals surface area contributed by atoms with Gasteiger partial charge in [0.1, 0.15) is 5.82 Å². The van der Waals surface area contributed by atoms with Crippen LogP contribution in [0.4, 0.5) is 0 Å². The van der Waals surface area contributed by atoms with Crippen LogP contribution in [0.25, 0.3) is 22.0 Å². The highest BCUT2D eigenvalue weighted by Gasteiger charge is 2.42. The first-order valence-electron chi connectivity index (χ1n) is 6.99. The van der Waals surface area contributed by atoms with E-state index in [0.29, 0.717) is 0 Å². The minimum atomic E-state index is -0.202. The van der Waals surface area contributed by atoms with Gasteiger partial charge in [0.25, 0.3) is 0 Å². The van der Waals surface area contributed by atoms with Crippen LogP contribution in [-0.4, -0.2) is 9.97 Å². The van der Waals surface area contributed by atoms with Gasteiger partial charge in [0.2, 0.25) is 0 Å². The number of nitrogens with zero attached hydrogens (tertiary/aromatic N) is 1. The summed E-state index contributed by atoms with van der Waals surface area (Å²) >= 11 is 0. The van der Waals surface area contributed by atoms with E-state index < -0.39 is 0 Å². The van der Waals surface area contributed by atoms with Crippen LogP contribution in [0.1, 0.15) is 24.2 Å². The van der Waals surface area contributed by atoms with Crippen LogP contribution in [0.5, 0.6) is 0 Å². The molecule has 1 heterocycles. The average Bonchev–Trinajstić information content (AvgIpc) is 3.02. The zero-order chi connectivity index (χ0) is 13.7. The second-order valence-corrected chi connectivity index (χ2v) is 5.87. The first-order valence-corrected chi connectivity index (χ1v) is 6.99. The highest BCUT2D eigenvalue weighted by Crippen LogP contribution is 2.41. The number of nitrogens with one attached hydrogen (secondary N) is 1. The summed E-state index contributed by atoms with van der Waals surface area (Å²) in [7, 11) is 0. The molecular formula is C17H17N3. The fourth-order valence-corrected chi connectivity index (χ4v) is 2.63. The number of hydrogen-bond acceptors (Lipinski definition) is 2. The zero-order valence-electron chi connectivity index (χ0n) is 11.5. The molecule has 0 amide bonds. The van der Waals surface area contributed by atoms with Gasteiger partial charge in [-0.1, -0.05) is 35.9 Å². The molecular weight excluding hydrogens is 246 g/mol. The molecule has 3 nitrogen and oxygen atoms in total. The molecule has 3 N–H and O–H groups in total. The Morgan fingerprint density at radius 1 is 1.10 bits per heavy atom. The standard InChI is InChI=1S/C17H17N3/c1-11-2-3-13-9-14(5-4-12(13)8-11)15-10-19-16(20-15)17(18)6-7-17/h2-5,8-10H,6-7,18H2,1H3,(H,19,20). The number of imidazole rings is 1. The Labute approximate surface area is 117 Å². The highest BCUT2D eigenvalue weighted by molar-refractivity contribution is 5.87. The van der Waals surface area contributed by atoms with Gasteiger partial charge in [-0.15, -0.1) is 0 Å². The van der Waals surface area contributed by atoms with E-state index in [1.54, 1.807) is 0 Å². The molecule has 1 fully saturated rings. The maximum Gasteiger partial charge on any atom is 0.126 e. The fourth-order valence-electron chi connectivity index (χ4n) is 2.63. The lowest BCUT2D eigenvalue weighted by Gasteiger charge is -2.04. The summed E-state index contributed by atoms with van der Waals surface area (Å²) in [5, 5.41) is 2.52. The van der Waals surface area contributed by atoms with Gasteiger partial charge >= 0.3 is 0 Å². The topological polar surface area (TPSA) is 54.7 Å². The highest BCUT2D eigenvalue weighted by atomic mass is 15.0. The van der Waals surface area contributed by atoms with Crippen LogP contribution in [0, 0.1) is 6.92 Å². The molecule has 1 saturated carbocycles. The van der Waals surface area contributed by atoms with Crippen LogP contribution in [-0.2, 0) is 5.54 Å². The number of aromatic nitrogens is 2. The molecule has 3 aromatic rings. The smallest absolute Gasteiger partial charge is 0.126 e. The predicted octanol–water partition coefficient (Wildman–Crippen LogP) is 3.49. The second-order valence-electron chi connectivity index (χ2n) is 5.87. The average molecular weight is 263 g/mol. The molecule has 1 aromatic heterocycles. The summed E-state index contributed by atoms with van der Waals surface area (Å²) in [6, 6.07) is 13.0. The molecule has 2 aromatic carbocycles. The van der Waals surface area contributed by atoms with Crippen LogP contribution in [0.3, 0.4) is 0 Å². The Morgan fingerprint density at radius 3 is 2.65 bits per heavy atom. The molecule has 0 spiro atoms. The van der Waals surface area contributed by atoms with E-state index in [9.17, 15) is 0 Å². The minimum absolute atomic E-state index is 0.202. The van der Waals surface area contributed by atoms with Crippen molar-refractivity contribution in [1.82, 2.24) is 9.97 Å². The van der Waals surface area contributed by atoms with E-state index in [0.717, 1.165) is 29.9 Å². The van der Waals surface area contributed by atoms with Crippen LogP contribution in [0.2, 0.25) is 0 Å². The van der Waals surface area contributed by atoms with Crippen molar-refractivity contribution in [3.05, 3.63) is 54.0 Å². The molecule has 20 heavy (non-hydrogen) atoms. The normalized spacial score (nSPS) is 16.5. The van der Waals surface area contributed by atoms with Crippen molar-refractivity contribution in [3.63, 3.8) is 0 Å². The molecule has 0 saturated heterocycles. The van der Waals surface area contributed by atoms with Crippen LogP contribution in [0.15, 0.2) is 42.6 Å². The SMILES string of the molecule is Cc1ccc2cc(-c3cnc(C4(N)CC4)[nH]3)ccc2c1. The predicted molar refractivity (Wildman–Crippen MR) is 81.4 cm³/mol. The Bertz CT molecular complexity index is 797. The van der Waals surface area contributed by atoms with Crippen LogP contribution < -0.4 is 5.73 Å². The van der Waals surface area contributed by atoms with E-state index >= 15 is 0 Å². The third kappa shape index (κ3) is 1.82. The molecule has 1 aliphatic rings. The molecule has 3 heteroatoms. The number of hydrogen-bond donors (Lipinski definition) is 2. The van der Waals surface area contributed by atoms with E-state index in [2.05, 4.69) is 53.3 Å². The lowest BCUT2D eigenvalue weighted by atomic mass is 10.0. The van der Waals surface area contributed by atoms with Crippen molar-refractivity contribution in [1.29, 1.82) is 0 Å². The number of rotatable bonds is 2. The van der Waals surface area contributed by atoms with Gasteiger partial charge in [0, 0.05) is 5.56 Å². The van der Waals surface area contributed by atoms with Crippen molar-refractivity contribution < 1.29 is 0 Å². The molecule has 0 radical (unpaired) electrons. The Morgan fingerprint density at radius 2 is 1.85 bits per heavy atom. The quantitative estimate of drug-likeness (QED) is 0.743. The third-order valence-corrected chi connectivity index (χ3v) is 4.14. The minimum Gasteiger partial charge on any atom is -0.340 e. The molecule has 0 aliphatic heterocycles. The zero-order valence-corrected chi connectivity index (χ0v) is 11.5. The monoisotopic (exact) mass is 263 g/mol. The molecule has 0 atom stereocenters. The second kappa shape index (κ2) is 3.93. The van der Waals surface area contributed by atoms with Crippen molar-refractivity contribution >= 4 is 10.8 Å². The van der Waals surface area contributed by atoms with Gasteiger partial charge in [-0.3, -0.25) is 0 Å². The Kier molecular flexibility index (Phi) is 2.30. The van der Waals surface area contributed by atoms with Gasteiger partial charge in [-0.05, 0) is 36.6 Å². The number of fused-ring (bicyclic) bond motifs is 1. The number of aromatic amines is 1. The van der Waals surface area contributed by atoms with E-state index in [1.807, 2.05) is 6.20 Å². The van der Waals surface area contributed by atoms with Gasteiger partial charge in [0.15, 0.2) is 0 Å². The van der Waals surface area contributed by atoms with E-state index in [-0.39, 0.29) is 5.54 Å². The van der Waals surface area contributed by atoms with Crippen molar-refractivity contribution in [2.75, 3.05) is 0 Å². The number of H-pyrrole nitrogens is 1. The van der Waals surface area contributed by atoms with Gasteiger partial charge in [0.05, 0.1) is 17.4 Å². The summed E-state index contributed by atoms with van der Waals surface area (Å²) in [5.74, 6) is 0.913. The maximum absolute atomic E-state index is 6.17. The van der Waals surface area contributed by atoms with E-state index in [1.165, 1.54) is 16.3 Å². The Hall–Kier alpha value is -2.13. The number of benzene rings is 2. The summed E-state index contributed by atoms with van der Waals surface area (Å²) in [6.07, 6.45) is 3.94. The lowest BCUT2D eigenvalue weighted by molar-refractivity contribution is 0.685. The van der Waals surface area contributed by atoms with Crippen molar-refractivity contribution in [3.8, 4) is 11.3 Å². The number of aryl methyl sites for hydroxylation is 1. The number of nitrogens with two attached hydrogens (primary N) is 1. The fraction of sp³-hybridized carbons (Fsp3) is 0.235. The summed E-state index contributed by atoms with van der Waals surface area (Å²) in [6.45, 7) is 2.12. The van der Waals surface area contributed by atoms with Gasteiger partial charge in [-0.25, -0.2) is 4.98 Å². The summed E-state index contributed by atoms with van der Waals surface area (Å²) < 4.78 is 0. The largest absolute Gasteiger partial charge is 0.340 e. The van der Waals surface area contributed by atoms with E-state index in [4.69, 9.17) is 5.73 Å². The summed E-state index contributed by atoms with van der Waals surface area (Å²) in [4.78, 5) is 7.81. The van der Waals surface area contributed by atoms with Gasteiger partial charge in [-0.2, -0.15) is 0 Å².